The molecule has 1 rings (SSSR count). The van der Waals surface area contributed by atoms with Gasteiger partial charge in [-0.2, -0.15) is 0 Å². The van der Waals surface area contributed by atoms with Gasteiger partial charge in [0.1, 0.15) is 11.0 Å². The standard InChI is InChI=1S/C12H17N3O5S/c1-4-20-11(18)7(3)14-12(19)13-6(2)9-15-8(5-21-9)10(16)17/h5-7H,4H2,1-3H3,(H,16,17)(H2,13,14,19). The summed E-state index contributed by atoms with van der Waals surface area (Å²) in [6, 6.07) is -1.81. The lowest BCUT2D eigenvalue weighted by Gasteiger charge is -2.16. The molecule has 0 aliphatic carbocycles. The van der Waals surface area contributed by atoms with Crippen molar-refractivity contribution in [3.8, 4) is 0 Å². The number of carbonyl (C=O) groups excluding carboxylic acids is 2. The molecule has 0 aliphatic heterocycles. The predicted molar refractivity (Wildman–Crippen MR) is 75.3 cm³/mol. The average molecular weight is 315 g/mol. The molecule has 9 heteroatoms. The summed E-state index contributed by atoms with van der Waals surface area (Å²) in [7, 11) is 0. The molecule has 0 saturated heterocycles. The molecular formula is C12H17N3O5S. The molecule has 1 aromatic rings. The van der Waals surface area contributed by atoms with Crippen LogP contribution in [-0.4, -0.2) is 40.7 Å². The van der Waals surface area contributed by atoms with Crippen LogP contribution in [0.5, 0.6) is 0 Å². The molecule has 21 heavy (non-hydrogen) atoms. The van der Waals surface area contributed by atoms with E-state index in [-0.39, 0.29) is 12.3 Å². The van der Waals surface area contributed by atoms with Gasteiger partial charge in [0.25, 0.3) is 0 Å². The highest BCUT2D eigenvalue weighted by atomic mass is 32.1. The fourth-order valence-corrected chi connectivity index (χ4v) is 2.21. The second-order valence-electron chi connectivity index (χ2n) is 4.19. The van der Waals surface area contributed by atoms with E-state index in [0.717, 1.165) is 11.3 Å². The number of thiazole rings is 1. The van der Waals surface area contributed by atoms with Crippen molar-refractivity contribution >= 4 is 29.3 Å². The highest BCUT2D eigenvalue weighted by Crippen LogP contribution is 2.17. The van der Waals surface area contributed by atoms with E-state index in [1.54, 1.807) is 13.8 Å². The van der Waals surface area contributed by atoms with Crippen molar-refractivity contribution in [2.24, 2.45) is 0 Å². The molecule has 0 aromatic carbocycles. The van der Waals surface area contributed by atoms with E-state index >= 15 is 0 Å². The van der Waals surface area contributed by atoms with Gasteiger partial charge < -0.3 is 20.5 Å². The maximum absolute atomic E-state index is 11.7. The maximum atomic E-state index is 11.7. The second kappa shape index (κ2) is 7.58. The molecule has 0 aliphatic rings. The molecule has 1 heterocycles. The number of aromatic nitrogens is 1. The Morgan fingerprint density at radius 2 is 2.05 bits per heavy atom. The van der Waals surface area contributed by atoms with Crippen molar-refractivity contribution in [2.75, 3.05) is 6.61 Å². The van der Waals surface area contributed by atoms with E-state index in [0.29, 0.717) is 5.01 Å². The minimum Gasteiger partial charge on any atom is -0.476 e. The Morgan fingerprint density at radius 3 is 2.57 bits per heavy atom. The third kappa shape index (κ3) is 5.03. The van der Waals surface area contributed by atoms with Crippen molar-refractivity contribution in [1.82, 2.24) is 15.6 Å². The first-order valence-corrected chi connectivity index (χ1v) is 7.15. The van der Waals surface area contributed by atoms with Crippen LogP contribution in [0.4, 0.5) is 4.79 Å². The molecule has 2 amide bonds. The van der Waals surface area contributed by atoms with Gasteiger partial charge in [-0.3, -0.25) is 0 Å². The predicted octanol–water partition coefficient (Wildman–Crippen LogP) is 1.15. The van der Waals surface area contributed by atoms with Crippen LogP contribution in [0.2, 0.25) is 0 Å². The van der Waals surface area contributed by atoms with Crippen molar-refractivity contribution in [2.45, 2.75) is 32.9 Å². The summed E-state index contributed by atoms with van der Waals surface area (Å²) in [6.45, 7) is 5.09. The first-order chi connectivity index (χ1) is 9.85. The Labute approximate surface area is 125 Å². The van der Waals surface area contributed by atoms with Crippen LogP contribution in [0.3, 0.4) is 0 Å². The number of hydrogen-bond acceptors (Lipinski definition) is 6. The third-order valence-electron chi connectivity index (χ3n) is 2.45. The topological polar surface area (TPSA) is 118 Å². The zero-order chi connectivity index (χ0) is 16.0. The number of nitrogens with zero attached hydrogens (tertiary/aromatic N) is 1. The van der Waals surface area contributed by atoms with Gasteiger partial charge in [0, 0.05) is 5.38 Å². The summed E-state index contributed by atoms with van der Waals surface area (Å²) in [6.07, 6.45) is 0. The summed E-state index contributed by atoms with van der Waals surface area (Å²) in [4.78, 5) is 37.7. The normalized spacial score (nSPS) is 13.1. The number of carbonyl (C=O) groups is 3. The third-order valence-corrected chi connectivity index (χ3v) is 3.47. The molecular weight excluding hydrogens is 298 g/mol. The van der Waals surface area contributed by atoms with E-state index in [1.807, 2.05) is 0 Å². The molecule has 2 atom stereocenters. The number of rotatable bonds is 6. The maximum Gasteiger partial charge on any atom is 0.355 e. The van der Waals surface area contributed by atoms with Gasteiger partial charge in [0.2, 0.25) is 0 Å². The van der Waals surface area contributed by atoms with Gasteiger partial charge in [-0.25, -0.2) is 19.4 Å². The Balaban J connectivity index is 2.53. The molecule has 0 fully saturated rings. The van der Waals surface area contributed by atoms with Gasteiger partial charge in [-0.05, 0) is 20.8 Å². The van der Waals surface area contributed by atoms with Crippen molar-refractivity contribution in [3.05, 3.63) is 16.1 Å². The minimum atomic E-state index is -1.12. The van der Waals surface area contributed by atoms with E-state index in [2.05, 4.69) is 15.6 Å². The first-order valence-electron chi connectivity index (χ1n) is 6.27. The summed E-state index contributed by atoms with van der Waals surface area (Å²) >= 11 is 1.14. The summed E-state index contributed by atoms with van der Waals surface area (Å²) in [5, 5.41) is 15.7. The van der Waals surface area contributed by atoms with Crippen LogP contribution in [0, 0.1) is 0 Å². The van der Waals surface area contributed by atoms with E-state index in [1.165, 1.54) is 12.3 Å². The number of ether oxygens (including phenoxy) is 1. The number of hydrogen-bond donors (Lipinski definition) is 3. The van der Waals surface area contributed by atoms with Crippen LogP contribution in [0.1, 0.15) is 42.3 Å². The first kappa shape index (κ1) is 16.9. The Morgan fingerprint density at radius 1 is 1.38 bits per heavy atom. The van der Waals surface area contributed by atoms with Crippen LogP contribution in [-0.2, 0) is 9.53 Å². The molecule has 0 saturated carbocycles. The Bertz CT molecular complexity index is 531. The molecule has 0 radical (unpaired) electrons. The van der Waals surface area contributed by atoms with Crippen LogP contribution >= 0.6 is 11.3 Å². The van der Waals surface area contributed by atoms with Crippen molar-refractivity contribution < 1.29 is 24.2 Å². The van der Waals surface area contributed by atoms with Gasteiger partial charge in [0.05, 0.1) is 12.6 Å². The number of carboxylic acid groups (broad SMARTS) is 1. The minimum absolute atomic E-state index is 0.0658. The second-order valence-corrected chi connectivity index (χ2v) is 5.08. The average Bonchev–Trinajstić information content (AvgIpc) is 2.88. The van der Waals surface area contributed by atoms with E-state index in [9.17, 15) is 14.4 Å². The smallest absolute Gasteiger partial charge is 0.355 e. The fraction of sp³-hybridized carbons (Fsp3) is 0.500. The van der Waals surface area contributed by atoms with Crippen molar-refractivity contribution in [1.29, 1.82) is 0 Å². The lowest BCUT2D eigenvalue weighted by Crippen LogP contribution is -2.45. The van der Waals surface area contributed by atoms with Gasteiger partial charge in [0.15, 0.2) is 5.69 Å². The molecule has 1 aromatic heterocycles. The molecule has 0 bridgehead atoms. The molecule has 3 N–H and O–H groups in total. The van der Waals surface area contributed by atoms with Crippen LogP contribution < -0.4 is 10.6 Å². The Kier molecular flexibility index (Phi) is 6.10. The number of carboxylic acids is 1. The summed E-state index contributed by atoms with van der Waals surface area (Å²) in [5.41, 5.74) is -0.0658. The number of amides is 2. The van der Waals surface area contributed by atoms with E-state index in [4.69, 9.17) is 9.84 Å². The SMILES string of the molecule is CCOC(=O)C(C)NC(=O)NC(C)c1nc(C(=O)O)cs1. The summed E-state index contributed by atoms with van der Waals surface area (Å²) in [5.74, 6) is -1.65. The zero-order valence-electron chi connectivity index (χ0n) is 11.9. The number of nitrogens with one attached hydrogen (secondary N) is 2. The highest BCUT2D eigenvalue weighted by Gasteiger charge is 2.19. The largest absolute Gasteiger partial charge is 0.476 e. The van der Waals surface area contributed by atoms with Gasteiger partial charge in [-0.15, -0.1) is 11.3 Å². The fourth-order valence-electron chi connectivity index (χ4n) is 1.41. The molecule has 0 spiro atoms. The van der Waals surface area contributed by atoms with Crippen LogP contribution in [0.25, 0.3) is 0 Å². The quantitative estimate of drug-likeness (QED) is 0.678. The monoisotopic (exact) mass is 315 g/mol. The lowest BCUT2D eigenvalue weighted by atomic mass is 10.3. The van der Waals surface area contributed by atoms with Crippen LogP contribution in [0.15, 0.2) is 5.38 Å². The Hall–Kier alpha value is -2.16. The number of esters is 1. The number of aromatic carboxylic acids is 1. The lowest BCUT2D eigenvalue weighted by molar-refractivity contribution is -0.144. The highest BCUT2D eigenvalue weighted by molar-refractivity contribution is 7.09. The summed E-state index contributed by atoms with van der Waals surface area (Å²) < 4.78 is 4.77. The molecule has 116 valence electrons. The number of urea groups is 1. The zero-order valence-corrected chi connectivity index (χ0v) is 12.7. The van der Waals surface area contributed by atoms with Gasteiger partial charge >= 0.3 is 18.0 Å². The molecule has 8 nitrogen and oxygen atoms in total. The van der Waals surface area contributed by atoms with Gasteiger partial charge in [-0.1, -0.05) is 0 Å². The van der Waals surface area contributed by atoms with E-state index < -0.39 is 30.1 Å². The molecule has 2 unspecified atom stereocenters. The van der Waals surface area contributed by atoms with Crippen molar-refractivity contribution in [3.63, 3.8) is 0 Å².